The van der Waals surface area contributed by atoms with Crippen LogP contribution >= 0.6 is 46.4 Å². The van der Waals surface area contributed by atoms with Gasteiger partial charge in [0.05, 0.1) is 0 Å². The Bertz CT molecular complexity index is 1290. The van der Waals surface area contributed by atoms with Gasteiger partial charge in [0.15, 0.2) is 0 Å². The first-order valence-electron chi connectivity index (χ1n) is 10.2. The quantitative estimate of drug-likeness (QED) is 0.235. The molecule has 5 heteroatoms. The van der Waals surface area contributed by atoms with Crippen LogP contribution in [0.3, 0.4) is 0 Å². The molecule has 0 aliphatic carbocycles. The first-order valence-corrected chi connectivity index (χ1v) is 11.7. The van der Waals surface area contributed by atoms with Gasteiger partial charge in [-0.15, -0.1) is 0 Å². The Morgan fingerprint density at radius 1 is 0.333 bits per heavy atom. The van der Waals surface area contributed by atoms with E-state index in [0.29, 0.717) is 20.1 Å². The van der Waals surface area contributed by atoms with Crippen LogP contribution in [0.15, 0.2) is 101 Å². The molecule has 0 saturated carbocycles. The van der Waals surface area contributed by atoms with Gasteiger partial charge < -0.3 is 4.42 Å². The number of benzene rings is 4. The van der Waals surface area contributed by atoms with Gasteiger partial charge in [0, 0.05) is 42.3 Å². The van der Waals surface area contributed by atoms with Gasteiger partial charge in [-0.3, -0.25) is 0 Å². The lowest BCUT2D eigenvalue weighted by molar-refractivity contribution is 0.599. The number of rotatable bonds is 4. The average Bonchev–Trinajstić information content (AvgIpc) is 3.21. The molecule has 0 unspecified atom stereocenters. The van der Waals surface area contributed by atoms with E-state index < -0.39 is 0 Å². The summed E-state index contributed by atoms with van der Waals surface area (Å²) in [6.45, 7) is 0. The third-order valence-corrected chi connectivity index (χ3v) is 6.39. The Balaban J connectivity index is 1.86. The van der Waals surface area contributed by atoms with Crippen molar-refractivity contribution in [2.24, 2.45) is 0 Å². The van der Waals surface area contributed by atoms with E-state index in [4.69, 9.17) is 50.8 Å². The Kier molecular flexibility index (Phi) is 6.23. The van der Waals surface area contributed by atoms with Gasteiger partial charge in [-0.25, -0.2) is 0 Å². The molecule has 0 saturated heterocycles. The molecular weight excluding hydrogens is 494 g/mol. The van der Waals surface area contributed by atoms with Crippen molar-refractivity contribution in [3.8, 4) is 44.9 Å². The van der Waals surface area contributed by atoms with Crippen LogP contribution in [-0.4, -0.2) is 0 Å². The topological polar surface area (TPSA) is 13.1 Å². The first-order chi connectivity index (χ1) is 16.0. The van der Waals surface area contributed by atoms with Crippen molar-refractivity contribution in [2.75, 3.05) is 0 Å². The lowest BCUT2D eigenvalue weighted by Gasteiger charge is -2.09. The standard InChI is InChI=1S/C28H16Cl4O/c29-21-9-1-17(2-10-21)25-26(18-3-11-22(30)12-4-18)28(20-7-15-24(32)16-8-20)33-27(25)19-5-13-23(31)14-6-19/h1-16H. The molecule has 0 spiro atoms. The van der Waals surface area contributed by atoms with E-state index in [1.165, 1.54) is 0 Å². The molecule has 5 rings (SSSR count). The molecule has 162 valence electrons. The summed E-state index contributed by atoms with van der Waals surface area (Å²) in [5.74, 6) is 1.48. The summed E-state index contributed by atoms with van der Waals surface area (Å²) >= 11 is 24.7. The van der Waals surface area contributed by atoms with Gasteiger partial charge in [-0.05, 0) is 83.9 Å². The molecule has 1 aromatic heterocycles. The van der Waals surface area contributed by atoms with Gasteiger partial charge in [-0.1, -0.05) is 70.7 Å². The summed E-state index contributed by atoms with van der Waals surface area (Å²) in [5.41, 5.74) is 5.72. The van der Waals surface area contributed by atoms with Crippen LogP contribution in [0.1, 0.15) is 0 Å². The average molecular weight is 510 g/mol. The second-order valence-corrected chi connectivity index (χ2v) is 9.28. The lowest BCUT2D eigenvalue weighted by Crippen LogP contribution is -1.86. The van der Waals surface area contributed by atoms with E-state index in [2.05, 4.69) is 0 Å². The predicted molar refractivity (Wildman–Crippen MR) is 140 cm³/mol. The van der Waals surface area contributed by atoms with Crippen LogP contribution < -0.4 is 0 Å². The Labute approximate surface area is 212 Å². The second kappa shape index (κ2) is 9.29. The number of hydrogen-bond acceptors (Lipinski definition) is 1. The lowest BCUT2D eigenvalue weighted by atomic mass is 9.91. The van der Waals surface area contributed by atoms with Crippen molar-refractivity contribution >= 4 is 46.4 Å². The number of halogens is 4. The molecule has 0 aliphatic rings. The molecule has 0 atom stereocenters. The molecular formula is C28H16Cl4O. The molecule has 1 heterocycles. The van der Waals surface area contributed by atoms with Crippen LogP contribution in [0.25, 0.3) is 44.9 Å². The van der Waals surface area contributed by atoms with Crippen LogP contribution in [0.2, 0.25) is 20.1 Å². The fourth-order valence-electron chi connectivity index (χ4n) is 3.82. The highest BCUT2D eigenvalue weighted by molar-refractivity contribution is 6.31. The van der Waals surface area contributed by atoms with Crippen molar-refractivity contribution < 1.29 is 4.42 Å². The van der Waals surface area contributed by atoms with Crippen molar-refractivity contribution in [3.05, 3.63) is 117 Å². The minimum absolute atomic E-state index is 0.661. The largest absolute Gasteiger partial charge is 0.455 e. The molecule has 0 aliphatic heterocycles. The maximum atomic E-state index is 6.61. The van der Waals surface area contributed by atoms with Crippen LogP contribution in [0.4, 0.5) is 0 Å². The SMILES string of the molecule is Clc1ccc(-c2oc(-c3ccc(Cl)cc3)c(-c3ccc(Cl)cc3)c2-c2ccc(Cl)cc2)cc1. The Morgan fingerprint density at radius 2 is 0.576 bits per heavy atom. The molecule has 33 heavy (non-hydrogen) atoms. The molecule has 0 amide bonds. The van der Waals surface area contributed by atoms with Gasteiger partial charge in [0.2, 0.25) is 0 Å². The smallest absolute Gasteiger partial charge is 0.143 e. The number of furan rings is 1. The summed E-state index contributed by atoms with van der Waals surface area (Å²) in [5, 5.41) is 2.66. The molecule has 0 bridgehead atoms. The third-order valence-electron chi connectivity index (χ3n) is 5.39. The highest BCUT2D eigenvalue weighted by atomic mass is 35.5. The van der Waals surface area contributed by atoms with Crippen molar-refractivity contribution in [2.45, 2.75) is 0 Å². The molecule has 0 radical (unpaired) electrons. The van der Waals surface area contributed by atoms with Crippen molar-refractivity contribution in [1.82, 2.24) is 0 Å². The Hall–Kier alpha value is -2.68. The first kappa shape index (κ1) is 22.1. The summed E-state index contributed by atoms with van der Waals surface area (Å²) in [4.78, 5) is 0. The zero-order chi connectivity index (χ0) is 22.9. The molecule has 4 aromatic carbocycles. The summed E-state index contributed by atoms with van der Waals surface area (Å²) in [7, 11) is 0. The van der Waals surface area contributed by atoms with Crippen LogP contribution in [0.5, 0.6) is 0 Å². The van der Waals surface area contributed by atoms with Gasteiger partial charge in [0.1, 0.15) is 11.5 Å². The summed E-state index contributed by atoms with van der Waals surface area (Å²) < 4.78 is 6.61. The summed E-state index contributed by atoms with van der Waals surface area (Å²) in [6, 6.07) is 30.8. The maximum absolute atomic E-state index is 6.61. The highest BCUT2D eigenvalue weighted by Gasteiger charge is 2.25. The Morgan fingerprint density at radius 3 is 0.848 bits per heavy atom. The molecule has 1 nitrogen and oxygen atoms in total. The minimum atomic E-state index is 0.661. The zero-order valence-corrected chi connectivity index (χ0v) is 20.2. The second-order valence-electron chi connectivity index (χ2n) is 7.54. The van der Waals surface area contributed by atoms with Gasteiger partial charge >= 0.3 is 0 Å². The van der Waals surface area contributed by atoms with E-state index in [1.54, 1.807) is 0 Å². The third kappa shape index (κ3) is 4.55. The summed E-state index contributed by atoms with van der Waals surface area (Å²) in [6.07, 6.45) is 0. The normalized spacial score (nSPS) is 11.0. The van der Waals surface area contributed by atoms with E-state index >= 15 is 0 Å². The van der Waals surface area contributed by atoms with E-state index in [1.807, 2.05) is 97.1 Å². The maximum Gasteiger partial charge on any atom is 0.143 e. The molecule has 0 fully saturated rings. The predicted octanol–water partition coefficient (Wildman–Crippen LogP) is 10.6. The monoisotopic (exact) mass is 508 g/mol. The molecule has 5 aromatic rings. The van der Waals surface area contributed by atoms with Crippen molar-refractivity contribution in [1.29, 1.82) is 0 Å². The zero-order valence-electron chi connectivity index (χ0n) is 17.2. The van der Waals surface area contributed by atoms with Gasteiger partial charge in [0.25, 0.3) is 0 Å². The minimum Gasteiger partial charge on any atom is -0.455 e. The van der Waals surface area contributed by atoms with Gasteiger partial charge in [-0.2, -0.15) is 0 Å². The van der Waals surface area contributed by atoms with Crippen molar-refractivity contribution in [3.63, 3.8) is 0 Å². The highest BCUT2D eigenvalue weighted by Crippen LogP contribution is 2.48. The van der Waals surface area contributed by atoms with Crippen LogP contribution in [-0.2, 0) is 0 Å². The number of hydrogen-bond donors (Lipinski definition) is 0. The van der Waals surface area contributed by atoms with E-state index in [0.717, 1.165) is 44.9 Å². The molecule has 0 N–H and O–H groups in total. The van der Waals surface area contributed by atoms with E-state index in [-0.39, 0.29) is 0 Å². The fourth-order valence-corrected chi connectivity index (χ4v) is 4.33. The van der Waals surface area contributed by atoms with E-state index in [9.17, 15) is 0 Å². The fraction of sp³-hybridized carbons (Fsp3) is 0. The van der Waals surface area contributed by atoms with Crippen LogP contribution in [0, 0.1) is 0 Å².